The van der Waals surface area contributed by atoms with Gasteiger partial charge in [0.05, 0.1) is 17.3 Å². The summed E-state index contributed by atoms with van der Waals surface area (Å²) in [5.74, 6) is 1.19. The van der Waals surface area contributed by atoms with Crippen LogP contribution in [0.15, 0.2) is 45.9 Å². The van der Waals surface area contributed by atoms with Crippen LogP contribution in [0.4, 0.5) is 0 Å². The average molecular weight is 699 g/mol. The fourth-order valence-electron chi connectivity index (χ4n) is 12.8. The number of ketones is 1. The molecule has 8 heteroatoms. The molecule has 0 saturated heterocycles. The Bertz CT molecular complexity index is 1770. The summed E-state index contributed by atoms with van der Waals surface area (Å²) in [5, 5.41) is 18.8. The molecule has 4 fully saturated rings. The highest BCUT2D eigenvalue weighted by Crippen LogP contribution is 2.76. The van der Waals surface area contributed by atoms with Gasteiger partial charge in [0.15, 0.2) is 5.78 Å². The van der Waals surface area contributed by atoms with Crippen LogP contribution in [0.25, 0.3) is 11.5 Å². The van der Waals surface area contributed by atoms with Gasteiger partial charge in [-0.25, -0.2) is 0 Å². The third-order valence-corrected chi connectivity index (χ3v) is 15.7. The third kappa shape index (κ3) is 5.15. The molecule has 0 bridgehead atoms. The first-order chi connectivity index (χ1) is 23.8. The van der Waals surface area contributed by atoms with Crippen LogP contribution in [0.5, 0.6) is 0 Å². The van der Waals surface area contributed by atoms with Gasteiger partial charge in [-0.2, -0.15) is 0 Å². The van der Waals surface area contributed by atoms with E-state index in [0.717, 1.165) is 62.5 Å². The number of allylic oxidation sites excluding steroid dienone is 2. The number of fused-ring (bicyclic) bond motifs is 7. The fourth-order valence-corrected chi connectivity index (χ4v) is 12.8. The van der Waals surface area contributed by atoms with Crippen molar-refractivity contribution in [3.8, 4) is 11.5 Å². The van der Waals surface area contributed by atoms with Crippen molar-refractivity contribution in [2.45, 2.75) is 138 Å². The van der Waals surface area contributed by atoms with Gasteiger partial charge in [-0.15, -0.1) is 10.2 Å². The van der Waals surface area contributed by atoms with Gasteiger partial charge in [-0.3, -0.25) is 14.4 Å². The predicted molar refractivity (Wildman–Crippen MR) is 194 cm³/mol. The molecule has 0 radical (unpaired) electrons. The molecule has 8 atom stereocenters. The molecule has 2 aromatic rings. The smallest absolute Gasteiger partial charge is 0.309 e. The lowest BCUT2D eigenvalue weighted by Crippen LogP contribution is -2.66. The molecule has 5 aliphatic rings. The Morgan fingerprint density at radius 1 is 0.922 bits per heavy atom. The minimum atomic E-state index is -1.16. The Morgan fingerprint density at radius 2 is 1.63 bits per heavy atom. The molecule has 8 nitrogen and oxygen atoms in total. The number of hydrogen-bond acceptors (Lipinski definition) is 7. The van der Waals surface area contributed by atoms with Crippen LogP contribution >= 0.6 is 0 Å². The topological polar surface area (TPSA) is 120 Å². The molecular weight excluding hydrogens is 640 g/mol. The predicted octanol–water partition coefficient (Wildman–Crippen LogP) is 9.38. The molecule has 276 valence electrons. The van der Waals surface area contributed by atoms with Crippen molar-refractivity contribution in [1.29, 1.82) is 0 Å². The van der Waals surface area contributed by atoms with E-state index in [2.05, 4.69) is 53.6 Å². The Hall–Kier alpha value is -3.29. The Labute approximate surface area is 303 Å². The molecular formula is C43H58N2O6. The fraction of sp³-hybridized carbons (Fsp3) is 0.698. The molecule has 4 saturated carbocycles. The lowest BCUT2D eigenvalue weighted by Gasteiger charge is -2.72. The van der Waals surface area contributed by atoms with Crippen LogP contribution in [-0.2, 0) is 24.5 Å². The highest BCUT2D eigenvalue weighted by atomic mass is 16.5. The average Bonchev–Trinajstić information content (AvgIpc) is 3.67. The molecule has 0 amide bonds. The largest absolute Gasteiger partial charge is 0.481 e. The number of benzene rings is 1. The van der Waals surface area contributed by atoms with Crippen LogP contribution in [0.3, 0.4) is 0 Å². The van der Waals surface area contributed by atoms with Crippen LogP contribution in [0.1, 0.15) is 132 Å². The molecule has 7 rings (SSSR count). The van der Waals surface area contributed by atoms with Crippen molar-refractivity contribution >= 4 is 17.7 Å². The number of carboxylic acids is 1. The number of nitrogens with zero attached hydrogens (tertiary/aromatic N) is 2. The van der Waals surface area contributed by atoms with Gasteiger partial charge >= 0.3 is 11.9 Å². The second-order valence-electron chi connectivity index (χ2n) is 19.3. The molecule has 5 aliphatic carbocycles. The number of esters is 1. The molecule has 1 heterocycles. The molecule has 0 unspecified atom stereocenters. The zero-order valence-electron chi connectivity index (χ0n) is 32.2. The van der Waals surface area contributed by atoms with E-state index in [-0.39, 0.29) is 51.8 Å². The van der Waals surface area contributed by atoms with E-state index in [0.29, 0.717) is 30.0 Å². The molecule has 1 N–H and O–H groups in total. The monoisotopic (exact) mass is 698 g/mol. The number of hydrogen-bond donors (Lipinski definition) is 1. The van der Waals surface area contributed by atoms with E-state index in [9.17, 15) is 19.5 Å². The SMILES string of the molecule is CC(C)C1=C2[C@H]3CC[C@@H]4[C@@]5(C)CC[C@H](OC(=O)CC(C)(C)C(=O)O)C(C)(C)[C@@H]5CC[C@@]4(C)[C@]3(C)CC[C@@]2(c2nnc(-c3ccccc3)o2)CC1=O. The number of carboxylic acid groups (broad SMARTS) is 1. The van der Waals surface area contributed by atoms with Crippen molar-refractivity contribution in [1.82, 2.24) is 10.2 Å². The van der Waals surface area contributed by atoms with Crippen molar-refractivity contribution in [3.63, 3.8) is 0 Å². The number of carbonyl (C=O) groups is 3. The maximum Gasteiger partial charge on any atom is 0.309 e. The van der Waals surface area contributed by atoms with E-state index >= 15 is 0 Å². The number of ether oxygens (including phenoxy) is 1. The van der Waals surface area contributed by atoms with Gasteiger partial charge in [0.1, 0.15) is 6.10 Å². The first-order valence-electron chi connectivity index (χ1n) is 19.4. The van der Waals surface area contributed by atoms with Gasteiger partial charge < -0.3 is 14.3 Å². The van der Waals surface area contributed by atoms with Crippen molar-refractivity contribution in [3.05, 3.63) is 47.4 Å². The van der Waals surface area contributed by atoms with Crippen LogP contribution in [-0.4, -0.2) is 39.1 Å². The zero-order chi connectivity index (χ0) is 36.9. The summed E-state index contributed by atoms with van der Waals surface area (Å²) < 4.78 is 12.7. The second-order valence-corrected chi connectivity index (χ2v) is 19.3. The minimum Gasteiger partial charge on any atom is -0.481 e. The summed E-state index contributed by atoms with van der Waals surface area (Å²) in [6.45, 7) is 19.7. The van der Waals surface area contributed by atoms with Crippen LogP contribution < -0.4 is 0 Å². The van der Waals surface area contributed by atoms with Crippen LogP contribution in [0, 0.1) is 50.7 Å². The number of aromatic nitrogens is 2. The first-order valence-corrected chi connectivity index (χ1v) is 19.4. The highest BCUT2D eigenvalue weighted by molar-refractivity contribution is 6.01. The van der Waals surface area contributed by atoms with Gasteiger partial charge in [0.25, 0.3) is 0 Å². The van der Waals surface area contributed by atoms with Gasteiger partial charge in [0, 0.05) is 17.4 Å². The first kappa shape index (κ1) is 36.1. The van der Waals surface area contributed by atoms with E-state index in [4.69, 9.17) is 14.3 Å². The van der Waals surface area contributed by atoms with Gasteiger partial charge in [-0.1, -0.05) is 66.7 Å². The quantitative estimate of drug-likeness (QED) is 0.284. The molecule has 51 heavy (non-hydrogen) atoms. The number of carbonyl (C=O) groups excluding carboxylic acids is 2. The Morgan fingerprint density at radius 3 is 2.29 bits per heavy atom. The van der Waals surface area contributed by atoms with Gasteiger partial charge in [-0.05, 0) is 128 Å². The lowest BCUT2D eigenvalue weighted by molar-refractivity contribution is -0.232. The zero-order valence-corrected chi connectivity index (χ0v) is 32.2. The molecule has 1 aromatic heterocycles. The summed E-state index contributed by atoms with van der Waals surface area (Å²) >= 11 is 0. The maximum absolute atomic E-state index is 14.1. The third-order valence-electron chi connectivity index (χ3n) is 15.7. The molecule has 0 aliphatic heterocycles. The summed E-state index contributed by atoms with van der Waals surface area (Å²) in [4.78, 5) is 38.9. The number of aliphatic carboxylic acids is 1. The Balaban J connectivity index is 1.21. The normalized spacial score (nSPS) is 37.3. The number of rotatable bonds is 7. The van der Waals surface area contributed by atoms with E-state index in [1.807, 2.05) is 30.3 Å². The van der Waals surface area contributed by atoms with E-state index in [1.165, 1.54) is 5.57 Å². The van der Waals surface area contributed by atoms with Crippen LogP contribution in [0.2, 0.25) is 0 Å². The molecule has 0 spiro atoms. The highest BCUT2D eigenvalue weighted by Gasteiger charge is 2.71. The van der Waals surface area contributed by atoms with E-state index in [1.54, 1.807) is 13.8 Å². The standard InChI is InChI=1S/C43H58N2O6/c1-25(2)33-28(46)23-43(36-45-44-35(51-36)26-13-11-10-12-14-26)22-21-41(8)27(34(33)43)15-16-30-40(7)19-18-31(50-32(47)24-38(3,4)37(48)49)39(5,6)29(40)17-20-42(30,41)9/h10-14,25,27,29-31H,15-24H2,1-9H3,(H,48,49)/t27-,29+,30-,31+,40+,41-,42-,43-/m1/s1. The van der Waals surface area contributed by atoms with Crippen molar-refractivity contribution in [2.75, 3.05) is 0 Å². The summed E-state index contributed by atoms with van der Waals surface area (Å²) in [6.07, 6.45) is 7.90. The maximum atomic E-state index is 14.1. The van der Waals surface area contributed by atoms with Crippen molar-refractivity contribution < 1.29 is 28.6 Å². The number of Topliss-reactive ketones (excluding diaryl/α,β-unsaturated/α-hetero) is 1. The lowest BCUT2D eigenvalue weighted by atomic mass is 9.33. The second kappa shape index (κ2) is 11.9. The van der Waals surface area contributed by atoms with E-state index < -0.39 is 22.8 Å². The summed E-state index contributed by atoms with van der Waals surface area (Å²) in [5.41, 5.74) is 1.36. The minimum absolute atomic E-state index is 0.00829. The Kier molecular flexibility index (Phi) is 8.39. The van der Waals surface area contributed by atoms with Crippen molar-refractivity contribution in [2.24, 2.45) is 50.7 Å². The molecule has 1 aromatic carbocycles. The summed E-state index contributed by atoms with van der Waals surface area (Å²) in [7, 11) is 0. The van der Waals surface area contributed by atoms with Gasteiger partial charge in [0.2, 0.25) is 11.8 Å². The summed E-state index contributed by atoms with van der Waals surface area (Å²) in [6, 6.07) is 9.90.